The van der Waals surface area contributed by atoms with Crippen molar-refractivity contribution < 1.29 is 4.74 Å². The highest BCUT2D eigenvalue weighted by Gasteiger charge is 2.31. The molecule has 0 amide bonds. The van der Waals surface area contributed by atoms with Gasteiger partial charge in [-0.1, -0.05) is 37.3 Å². The Kier molecular flexibility index (Phi) is 4.11. The molecule has 0 N–H and O–H groups in total. The molecule has 4 rings (SSSR count). The fourth-order valence-electron chi connectivity index (χ4n) is 3.07. The van der Waals surface area contributed by atoms with Gasteiger partial charge in [0.25, 0.3) is 0 Å². The molecular formula is C19H20N2OS2. The van der Waals surface area contributed by atoms with Crippen LogP contribution in [0.1, 0.15) is 31.2 Å². The largest absolute Gasteiger partial charge is 0.370 e. The molecule has 5 heteroatoms. The van der Waals surface area contributed by atoms with Crippen LogP contribution in [0.15, 0.2) is 35.4 Å². The maximum Gasteiger partial charge on any atom is 0.162 e. The zero-order valence-electron chi connectivity index (χ0n) is 14.1. The lowest BCUT2D eigenvalue weighted by molar-refractivity contribution is -0.0379. The van der Waals surface area contributed by atoms with Crippen LogP contribution in [-0.2, 0) is 17.8 Å². The first-order chi connectivity index (χ1) is 11.6. The van der Waals surface area contributed by atoms with Gasteiger partial charge in [0, 0.05) is 22.2 Å². The number of rotatable bonds is 3. The van der Waals surface area contributed by atoms with Gasteiger partial charge in [0.05, 0.1) is 12.2 Å². The highest BCUT2D eigenvalue weighted by Crippen LogP contribution is 2.42. The standard InChI is InChI=1S/C19H20N2OS2/c1-4-23-17-15-13-10-19(2,3)22-11-14(13)24-18(15)21-16(20-17)12-8-6-5-7-9-12/h5-9H,4,10-11H2,1-3H3. The fraction of sp³-hybridized carbons (Fsp3) is 0.368. The van der Waals surface area contributed by atoms with Gasteiger partial charge in [-0.05, 0) is 25.2 Å². The quantitative estimate of drug-likeness (QED) is 0.470. The minimum atomic E-state index is -0.118. The predicted octanol–water partition coefficient (Wildman–Crippen LogP) is 5.32. The molecule has 24 heavy (non-hydrogen) atoms. The summed E-state index contributed by atoms with van der Waals surface area (Å²) < 4.78 is 5.99. The maximum atomic E-state index is 5.99. The molecule has 0 fully saturated rings. The Bertz CT molecular complexity index is 887. The summed E-state index contributed by atoms with van der Waals surface area (Å²) in [4.78, 5) is 12.2. The molecule has 1 aliphatic heterocycles. The van der Waals surface area contributed by atoms with E-state index in [1.54, 1.807) is 23.1 Å². The van der Waals surface area contributed by atoms with Crippen LogP contribution >= 0.6 is 23.1 Å². The summed E-state index contributed by atoms with van der Waals surface area (Å²) in [6, 6.07) is 10.2. The zero-order valence-corrected chi connectivity index (χ0v) is 15.8. The molecule has 1 aliphatic rings. The van der Waals surface area contributed by atoms with Crippen molar-refractivity contribution in [1.82, 2.24) is 9.97 Å². The number of benzene rings is 1. The second-order valence-corrected chi connectivity index (χ2v) is 8.90. The summed E-state index contributed by atoms with van der Waals surface area (Å²) in [5.74, 6) is 1.82. The van der Waals surface area contributed by atoms with Crippen molar-refractivity contribution in [2.24, 2.45) is 0 Å². The molecule has 124 valence electrons. The molecule has 0 spiro atoms. The van der Waals surface area contributed by atoms with Crippen molar-refractivity contribution in [3.05, 3.63) is 40.8 Å². The van der Waals surface area contributed by atoms with E-state index in [1.165, 1.54) is 15.8 Å². The minimum Gasteiger partial charge on any atom is -0.370 e. The second-order valence-electron chi connectivity index (χ2n) is 6.56. The molecule has 0 bridgehead atoms. The number of thiophene rings is 1. The third-order valence-electron chi connectivity index (χ3n) is 4.21. The molecule has 0 saturated heterocycles. The maximum absolute atomic E-state index is 5.99. The summed E-state index contributed by atoms with van der Waals surface area (Å²) in [6.45, 7) is 7.17. The Hall–Kier alpha value is -1.43. The predicted molar refractivity (Wildman–Crippen MR) is 102 cm³/mol. The molecule has 0 unspecified atom stereocenters. The number of hydrogen-bond acceptors (Lipinski definition) is 5. The van der Waals surface area contributed by atoms with Crippen LogP contribution in [0.25, 0.3) is 21.6 Å². The van der Waals surface area contributed by atoms with Crippen molar-refractivity contribution in [2.45, 2.75) is 44.4 Å². The van der Waals surface area contributed by atoms with E-state index in [0.717, 1.165) is 33.4 Å². The van der Waals surface area contributed by atoms with Gasteiger partial charge < -0.3 is 4.74 Å². The van der Waals surface area contributed by atoms with Crippen molar-refractivity contribution in [3.8, 4) is 11.4 Å². The number of ether oxygens (including phenoxy) is 1. The monoisotopic (exact) mass is 356 g/mol. The molecule has 0 saturated carbocycles. The van der Waals surface area contributed by atoms with E-state index in [4.69, 9.17) is 14.7 Å². The minimum absolute atomic E-state index is 0.118. The number of thioether (sulfide) groups is 1. The van der Waals surface area contributed by atoms with Crippen LogP contribution in [0.2, 0.25) is 0 Å². The number of hydrogen-bond donors (Lipinski definition) is 0. The Morgan fingerprint density at radius 1 is 1.21 bits per heavy atom. The topological polar surface area (TPSA) is 35.0 Å². The van der Waals surface area contributed by atoms with E-state index in [1.807, 2.05) is 18.2 Å². The van der Waals surface area contributed by atoms with Crippen molar-refractivity contribution in [1.29, 1.82) is 0 Å². The lowest BCUT2D eigenvalue weighted by Gasteiger charge is -2.30. The van der Waals surface area contributed by atoms with Gasteiger partial charge in [0.15, 0.2) is 5.82 Å². The van der Waals surface area contributed by atoms with Crippen LogP contribution in [0, 0.1) is 0 Å². The van der Waals surface area contributed by atoms with Crippen LogP contribution < -0.4 is 0 Å². The Balaban J connectivity index is 1.93. The number of aromatic nitrogens is 2. The van der Waals surface area contributed by atoms with Gasteiger partial charge in [0.1, 0.15) is 9.86 Å². The molecular weight excluding hydrogens is 336 g/mol. The normalized spacial score (nSPS) is 16.3. The average molecular weight is 357 g/mol. The SMILES string of the molecule is CCSc1nc(-c2ccccc2)nc2sc3c(c12)CC(C)(C)OC3. The first kappa shape index (κ1) is 16.1. The fourth-order valence-corrected chi connectivity index (χ4v) is 5.03. The molecule has 3 heterocycles. The molecule has 0 radical (unpaired) electrons. The van der Waals surface area contributed by atoms with Crippen molar-refractivity contribution in [2.75, 3.05) is 5.75 Å². The van der Waals surface area contributed by atoms with Crippen LogP contribution in [-0.4, -0.2) is 21.3 Å². The van der Waals surface area contributed by atoms with Crippen LogP contribution in [0.3, 0.4) is 0 Å². The van der Waals surface area contributed by atoms with Gasteiger partial charge in [-0.15, -0.1) is 23.1 Å². The Morgan fingerprint density at radius 2 is 2.00 bits per heavy atom. The smallest absolute Gasteiger partial charge is 0.162 e. The summed E-state index contributed by atoms with van der Waals surface area (Å²) in [7, 11) is 0. The Morgan fingerprint density at radius 3 is 2.75 bits per heavy atom. The molecule has 0 atom stereocenters. The lowest BCUT2D eigenvalue weighted by atomic mass is 9.94. The van der Waals surface area contributed by atoms with Crippen molar-refractivity contribution >= 4 is 33.3 Å². The molecule has 2 aromatic heterocycles. The van der Waals surface area contributed by atoms with Crippen LogP contribution in [0.4, 0.5) is 0 Å². The third-order valence-corrected chi connectivity index (χ3v) is 6.17. The molecule has 3 nitrogen and oxygen atoms in total. The lowest BCUT2D eigenvalue weighted by Crippen LogP contribution is -2.31. The number of nitrogens with zero attached hydrogens (tertiary/aromatic N) is 2. The highest BCUT2D eigenvalue weighted by molar-refractivity contribution is 7.99. The first-order valence-electron chi connectivity index (χ1n) is 8.22. The van der Waals surface area contributed by atoms with Crippen molar-refractivity contribution in [3.63, 3.8) is 0 Å². The van der Waals surface area contributed by atoms with E-state index >= 15 is 0 Å². The van der Waals surface area contributed by atoms with Gasteiger partial charge >= 0.3 is 0 Å². The van der Waals surface area contributed by atoms with Gasteiger partial charge in [-0.2, -0.15) is 0 Å². The summed E-state index contributed by atoms with van der Waals surface area (Å²) in [5, 5.41) is 2.36. The molecule has 1 aromatic carbocycles. The Labute approximate surface area is 150 Å². The van der Waals surface area contributed by atoms with E-state index in [-0.39, 0.29) is 5.60 Å². The summed E-state index contributed by atoms with van der Waals surface area (Å²) >= 11 is 3.57. The highest BCUT2D eigenvalue weighted by atomic mass is 32.2. The van der Waals surface area contributed by atoms with E-state index in [9.17, 15) is 0 Å². The second kappa shape index (κ2) is 6.14. The number of fused-ring (bicyclic) bond motifs is 3. The summed E-state index contributed by atoms with van der Waals surface area (Å²) in [5.41, 5.74) is 2.34. The molecule has 3 aromatic rings. The zero-order chi connectivity index (χ0) is 16.7. The van der Waals surface area contributed by atoms with Gasteiger partial charge in [-0.25, -0.2) is 9.97 Å². The first-order valence-corrected chi connectivity index (χ1v) is 10.0. The van der Waals surface area contributed by atoms with E-state index in [2.05, 4.69) is 32.9 Å². The summed E-state index contributed by atoms with van der Waals surface area (Å²) in [6.07, 6.45) is 0.924. The molecule has 0 aliphatic carbocycles. The third kappa shape index (κ3) is 2.85. The average Bonchev–Trinajstić information content (AvgIpc) is 2.92. The van der Waals surface area contributed by atoms with E-state index in [0.29, 0.717) is 6.61 Å². The van der Waals surface area contributed by atoms with E-state index < -0.39 is 0 Å². The van der Waals surface area contributed by atoms with Crippen LogP contribution in [0.5, 0.6) is 0 Å². The van der Waals surface area contributed by atoms with Gasteiger partial charge in [0.2, 0.25) is 0 Å². The van der Waals surface area contributed by atoms with Gasteiger partial charge in [-0.3, -0.25) is 0 Å².